The molecule has 0 radical (unpaired) electrons. The van der Waals surface area contributed by atoms with Gasteiger partial charge < -0.3 is 14.8 Å². The highest BCUT2D eigenvalue weighted by molar-refractivity contribution is 5.85. The third kappa shape index (κ3) is 2.50. The maximum atomic E-state index is 5.24. The van der Waals surface area contributed by atoms with Crippen molar-refractivity contribution in [2.24, 2.45) is 0 Å². The van der Waals surface area contributed by atoms with Gasteiger partial charge in [0.2, 0.25) is 0 Å². The highest BCUT2D eigenvalue weighted by Crippen LogP contribution is 2.23. The summed E-state index contributed by atoms with van der Waals surface area (Å²) in [5.41, 5.74) is 0.877. The summed E-state index contributed by atoms with van der Waals surface area (Å²) in [6, 6.07) is 3.85. The summed E-state index contributed by atoms with van der Waals surface area (Å²) in [4.78, 5) is 7.49. The van der Waals surface area contributed by atoms with Gasteiger partial charge in [0, 0.05) is 18.7 Å². The Morgan fingerprint density at radius 3 is 3.06 bits per heavy atom. The van der Waals surface area contributed by atoms with Crippen molar-refractivity contribution >= 4 is 12.4 Å². The van der Waals surface area contributed by atoms with Crippen LogP contribution in [0.4, 0.5) is 0 Å². The fraction of sp³-hybridized carbons (Fsp3) is 0.455. The van der Waals surface area contributed by atoms with E-state index in [4.69, 9.17) is 4.52 Å². The molecule has 2 aromatic heterocycles. The van der Waals surface area contributed by atoms with E-state index in [0.717, 1.165) is 31.0 Å². The lowest BCUT2D eigenvalue weighted by atomic mass is 9.99. The Morgan fingerprint density at radius 1 is 1.41 bits per heavy atom. The molecule has 1 aliphatic rings. The number of nitrogens with one attached hydrogen (secondary N) is 2. The molecule has 92 valence electrons. The van der Waals surface area contributed by atoms with E-state index in [1.165, 1.54) is 6.42 Å². The van der Waals surface area contributed by atoms with E-state index in [0.29, 0.717) is 11.8 Å². The van der Waals surface area contributed by atoms with Gasteiger partial charge >= 0.3 is 0 Å². The van der Waals surface area contributed by atoms with Crippen LogP contribution in [0, 0.1) is 0 Å². The van der Waals surface area contributed by atoms with E-state index in [2.05, 4.69) is 20.4 Å². The quantitative estimate of drug-likeness (QED) is 0.860. The van der Waals surface area contributed by atoms with Crippen LogP contribution in [-0.4, -0.2) is 28.2 Å². The van der Waals surface area contributed by atoms with E-state index >= 15 is 0 Å². The highest BCUT2D eigenvalue weighted by Gasteiger charge is 2.21. The number of piperidine rings is 1. The third-order valence-corrected chi connectivity index (χ3v) is 2.93. The number of aromatic nitrogens is 3. The number of nitrogens with zero attached hydrogens (tertiary/aromatic N) is 2. The molecule has 0 saturated carbocycles. The van der Waals surface area contributed by atoms with Crippen molar-refractivity contribution in [3.8, 4) is 11.6 Å². The van der Waals surface area contributed by atoms with E-state index in [1.807, 2.05) is 18.3 Å². The zero-order valence-corrected chi connectivity index (χ0v) is 10.2. The zero-order chi connectivity index (χ0) is 10.8. The molecule has 0 aromatic carbocycles. The monoisotopic (exact) mass is 254 g/mol. The van der Waals surface area contributed by atoms with Gasteiger partial charge in [-0.15, -0.1) is 12.4 Å². The molecule has 17 heavy (non-hydrogen) atoms. The van der Waals surface area contributed by atoms with Crippen molar-refractivity contribution in [1.82, 2.24) is 20.4 Å². The van der Waals surface area contributed by atoms with Gasteiger partial charge in [0.25, 0.3) is 5.89 Å². The minimum absolute atomic E-state index is 0. The zero-order valence-electron chi connectivity index (χ0n) is 9.35. The molecule has 0 spiro atoms. The average molecular weight is 255 g/mol. The number of halogens is 1. The maximum Gasteiger partial charge on any atom is 0.274 e. The highest BCUT2D eigenvalue weighted by atomic mass is 35.5. The Bertz CT molecular complexity index is 448. The normalized spacial score (nSPS) is 19.9. The molecule has 2 N–H and O–H groups in total. The molecule has 1 aliphatic heterocycles. The fourth-order valence-corrected chi connectivity index (χ4v) is 2.05. The second kappa shape index (κ2) is 5.33. The van der Waals surface area contributed by atoms with Gasteiger partial charge in [-0.1, -0.05) is 5.16 Å². The van der Waals surface area contributed by atoms with Gasteiger partial charge in [-0.05, 0) is 31.5 Å². The lowest BCUT2D eigenvalue weighted by Gasteiger charge is -2.19. The Balaban J connectivity index is 0.00000108. The van der Waals surface area contributed by atoms with E-state index in [1.54, 1.807) is 0 Å². The lowest BCUT2D eigenvalue weighted by molar-refractivity contribution is 0.392. The minimum Gasteiger partial charge on any atom is -0.357 e. The van der Waals surface area contributed by atoms with Crippen LogP contribution in [0.25, 0.3) is 11.6 Å². The Labute approximate surface area is 105 Å². The van der Waals surface area contributed by atoms with Gasteiger partial charge in [0.05, 0.1) is 0 Å². The minimum atomic E-state index is 0. The van der Waals surface area contributed by atoms with Crippen molar-refractivity contribution in [2.45, 2.75) is 18.8 Å². The second-order valence-electron chi connectivity index (χ2n) is 4.08. The standard InChI is InChI=1S/C11H14N4O.ClH/c1-3-8(7-12-5-1)10-14-11(16-15-10)9-4-2-6-13-9;/h2,4,6,8,12-13H,1,3,5,7H2;1H. The molecule has 3 heterocycles. The van der Waals surface area contributed by atoms with Crippen LogP contribution in [0.3, 0.4) is 0 Å². The summed E-state index contributed by atoms with van der Waals surface area (Å²) in [6.45, 7) is 2.04. The van der Waals surface area contributed by atoms with Gasteiger partial charge in [-0.2, -0.15) is 4.98 Å². The summed E-state index contributed by atoms with van der Waals surface area (Å²) in [5.74, 6) is 1.78. The Hall–Kier alpha value is -1.33. The molecule has 1 atom stereocenters. The number of H-pyrrole nitrogens is 1. The molecule has 1 fully saturated rings. The first kappa shape index (κ1) is 12.1. The summed E-state index contributed by atoms with van der Waals surface area (Å²) < 4.78 is 5.24. The van der Waals surface area contributed by atoms with E-state index in [-0.39, 0.29) is 12.4 Å². The summed E-state index contributed by atoms with van der Waals surface area (Å²) in [5, 5.41) is 7.40. The van der Waals surface area contributed by atoms with Crippen LogP contribution in [-0.2, 0) is 0 Å². The molecule has 1 saturated heterocycles. The average Bonchev–Trinajstić information content (AvgIpc) is 3.01. The summed E-state index contributed by atoms with van der Waals surface area (Å²) >= 11 is 0. The Kier molecular flexibility index (Phi) is 3.81. The number of aromatic amines is 1. The molecule has 2 aromatic rings. The topological polar surface area (TPSA) is 66.7 Å². The molecular formula is C11H15ClN4O. The lowest BCUT2D eigenvalue weighted by Crippen LogP contribution is -2.28. The predicted octanol–water partition coefficient (Wildman–Crippen LogP) is 1.95. The number of rotatable bonds is 2. The van der Waals surface area contributed by atoms with Crippen LogP contribution < -0.4 is 5.32 Å². The van der Waals surface area contributed by atoms with Crippen LogP contribution in [0.5, 0.6) is 0 Å². The van der Waals surface area contributed by atoms with Crippen molar-refractivity contribution in [3.63, 3.8) is 0 Å². The SMILES string of the molecule is Cl.c1c[nH]c(-c2nc(C3CCCNC3)no2)c1. The summed E-state index contributed by atoms with van der Waals surface area (Å²) in [7, 11) is 0. The summed E-state index contributed by atoms with van der Waals surface area (Å²) in [6.07, 6.45) is 4.16. The van der Waals surface area contributed by atoms with Crippen LogP contribution in [0.15, 0.2) is 22.9 Å². The molecule has 0 amide bonds. The van der Waals surface area contributed by atoms with Crippen molar-refractivity contribution in [1.29, 1.82) is 0 Å². The number of hydrogen-bond donors (Lipinski definition) is 2. The first-order valence-corrected chi connectivity index (χ1v) is 5.61. The van der Waals surface area contributed by atoms with Gasteiger partial charge in [-0.3, -0.25) is 0 Å². The largest absolute Gasteiger partial charge is 0.357 e. The molecule has 1 unspecified atom stereocenters. The molecule has 3 rings (SSSR count). The molecule has 0 aliphatic carbocycles. The van der Waals surface area contributed by atoms with Crippen molar-refractivity contribution in [3.05, 3.63) is 24.2 Å². The second-order valence-corrected chi connectivity index (χ2v) is 4.08. The van der Waals surface area contributed by atoms with Crippen LogP contribution in [0.2, 0.25) is 0 Å². The van der Waals surface area contributed by atoms with Gasteiger partial charge in [0.1, 0.15) is 5.69 Å². The smallest absolute Gasteiger partial charge is 0.274 e. The molecule has 6 heteroatoms. The molecular weight excluding hydrogens is 240 g/mol. The first-order valence-electron chi connectivity index (χ1n) is 5.61. The number of hydrogen-bond acceptors (Lipinski definition) is 4. The third-order valence-electron chi connectivity index (χ3n) is 2.93. The van der Waals surface area contributed by atoms with Crippen LogP contribution >= 0.6 is 12.4 Å². The van der Waals surface area contributed by atoms with E-state index in [9.17, 15) is 0 Å². The van der Waals surface area contributed by atoms with Crippen LogP contribution in [0.1, 0.15) is 24.6 Å². The molecule has 5 nitrogen and oxygen atoms in total. The van der Waals surface area contributed by atoms with Crippen molar-refractivity contribution < 1.29 is 4.52 Å². The molecule has 0 bridgehead atoms. The van der Waals surface area contributed by atoms with E-state index < -0.39 is 0 Å². The van der Waals surface area contributed by atoms with Crippen molar-refractivity contribution in [2.75, 3.05) is 13.1 Å². The fourth-order valence-electron chi connectivity index (χ4n) is 2.05. The first-order chi connectivity index (χ1) is 7.93. The Morgan fingerprint density at radius 2 is 2.35 bits per heavy atom. The maximum absolute atomic E-state index is 5.24. The van der Waals surface area contributed by atoms with Gasteiger partial charge in [-0.25, -0.2) is 0 Å². The van der Waals surface area contributed by atoms with Gasteiger partial charge in [0.15, 0.2) is 5.82 Å². The predicted molar refractivity (Wildman–Crippen MR) is 66.2 cm³/mol.